The third-order valence-electron chi connectivity index (χ3n) is 5.22. The molecule has 1 aliphatic heterocycles. The Hall–Kier alpha value is -3.39. The van der Waals surface area contributed by atoms with Gasteiger partial charge in [0.15, 0.2) is 0 Å². The third kappa shape index (κ3) is 4.86. The molecule has 31 heavy (non-hydrogen) atoms. The third-order valence-corrected chi connectivity index (χ3v) is 5.55. The fourth-order valence-corrected chi connectivity index (χ4v) is 3.42. The number of benzene rings is 2. The first-order valence-corrected chi connectivity index (χ1v) is 10.2. The molecule has 0 unspecified atom stereocenters. The van der Waals surface area contributed by atoms with Gasteiger partial charge in [0.2, 0.25) is 5.91 Å². The molecule has 0 aromatic heterocycles. The summed E-state index contributed by atoms with van der Waals surface area (Å²) in [4.78, 5) is 50.1. The van der Waals surface area contributed by atoms with Crippen molar-refractivity contribution in [2.75, 3.05) is 0 Å². The van der Waals surface area contributed by atoms with Gasteiger partial charge >= 0.3 is 6.03 Å². The Bertz CT molecular complexity index is 1010. The Kier molecular flexibility index (Phi) is 6.60. The minimum atomic E-state index is -1.07. The zero-order valence-electron chi connectivity index (χ0n) is 17.1. The smallest absolute Gasteiger partial charge is 0.344 e. The number of halogens is 1. The molecule has 2 aromatic rings. The Morgan fingerprint density at radius 1 is 1.10 bits per heavy atom. The Labute approximate surface area is 184 Å². The van der Waals surface area contributed by atoms with Gasteiger partial charge in [-0.1, -0.05) is 61.0 Å². The van der Waals surface area contributed by atoms with Crippen molar-refractivity contribution in [1.82, 2.24) is 21.1 Å². The lowest BCUT2D eigenvalue weighted by Gasteiger charge is -2.22. The SMILES string of the molecule is CC[C@]1(C)NC(=O)N(NC(=O)C[C@H](NC(=O)c2ccccc2Cl)c2ccccc2)C1=O. The van der Waals surface area contributed by atoms with Gasteiger partial charge in [-0.25, -0.2) is 4.79 Å². The second kappa shape index (κ2) is 9.18. The summed E-state index contributed by atoms with van der Waals surface area (Å²) in [5.74, 6) is -1.58. The van der Waals surface area contributed by atoms with Crippen molar-refractivity contribution >= 4 is 35.4 Å². The summed E-state index contributed by atoms with van der Waals surface area (Å²) >= 11 is 6.11. The number of rotatable bonds is 7. The van der Waals surface area contributed by atoms with Crippen LogP contribution in [0.15, 0.2) is 54.6 Å². The molecule has 1 aliphatic rings. The topological polar surface area (TPSA) is 108 Å². The minimum Gasteiger partial charge on any atom is -0.345 e. The van der Waals surface area contributed by atoms with Gasteiger partial charge in [-0.3, -0.25) is 19.8 Å². The van der Waals surface area contributed by atoms with Crippen molar-refractivity contribution in [3.8, 4) is 0 Å². The zero-order chi connectivity index (χ0) is 22.6. The van der Waals surface area contributed by atoms with Crippen LogP contribution in [-0.4, -0.2) is 34.3 Å². The maximum Gasteiger partial charge on any atom is 0.344 e. The summed E-state index contributed by atoms with van der Waals surface area (Å²) in [6.45, 7) is 3.36. The van der Waals surface area contributed by atoms with E-state index in [0.29, 0.717) is 17.0 Å². The number of hydrogen-bond acceptors (Lipinski definition) is 4. The van der Waals surface area contributed by atoms with Gasteiger partial charge in [0.05, 0.1) is 23.0 Å². The molecule has 8 nitrogen and oxygen atoms in total. The first kappa shape index (κ1) is 22.3. The highest BCUT2D eigenvalue weighted by atomic mass is 35.5. The predicted octanol–water partition coefficient (Wildman–Crippen LogP) is 2.95. The number of hydrogen-bond donors (Lipinski definition) is 3. The first-order valence-electron chi connectivity index (χ1n) is 9.81. The van der Waals surface area contributed by atoms with Crippen molar-refractivity contribution in [1.29, 1.82) is 0 Å². The van der Waals surface area contributed by atoms with Crippen LogP contribution in [0.25, 0.3) is 0 Å². The molecule has 162 valence electrons. The highest BCUT2D eigenvalue weighted by molar-refractivity contribution is 6.33. The van der Waals surface area contributed by atoms with Crippen molar-refractivity contribution in [2.45, 2.75) is 38.3 Å². The van der Waals surface area contributed by atoms with Crippen LogP contribution in [0.3, 0.4) is 0 Å². The van der Waals surface area contributed by atoms with E-state index in [4.69, 9.17) is 11.6 Å². The highest BCUT2D eigenvalue weighted by Gasteiger charge is 2.47. The van der Waals surface area contributed by atoms with E-state index in [1.807, 2.05) is 6.07 Å². The molecule has 1 saturated heterocycles. The molecule has 0 spiro atoms. The average molecular weight is 443 g/mol. The van der Waals surface area contributed by atoms with Gasteiger partial charge in [-0.2, -0.15) is 5.01 Å². The van der Waals surface area contributed by atoms with Gasteiger partial charge in [0, 0.05) is 0 Å². The largest absolute Gasteiger partial charge is 0.345 e. The van der Waals surface area contributed by atoms with E-state index in [1.165, 1.54) is 0 Å². The molecule has 1 heterocycles. The number of imide groups is 1. The van der Waals surface area contributed by atoms with Crippen LogP contribution >= 0.6 is 11.6 Å². The van der Waals surface area contributed by atoms with Crippen LogP contribution in [0.4, 0.5) is 4.79 Å². The van der Waals surface area contributed by atoms with Gasteiger partial charge in [0.1, 0.15) is 5.54 Å². The molecule has 9 heteroatoms. The van der Waals surface area contributed by atoms with Crippen LogP contribution < -0.4 is 16.1 Å². The number of nitrogens with one attached hydrogen (secondary N) is 3. The summed E-state index contributed by atoms with van der Waals surface area (Å²) in [6.07, 6.45) is 0.185. The molecular weight excluding hydrogens is 420 g/mol. The fraction of sp³-hybridized carbons (Fsp3) is 0.273. The summed E-state index contributed by atoms with van der Waals surface area (Å²) in [5, 5.41) is 6.35. The fourth-order valence-electron chi connectivity index (χ4n) is 3.20. The summed E-state index contributed by atoms with van der Waals surface area (Å²) in [6, 6.07) is 14.1. The summed E-state index contributed by atoms with van der Waals surface area (Å²) < 4.78 is 0. The second-order valence-corrected chi connectivity index (χ2v) is 7.82. The number of amides is 5. The molecule has 2 atom stereocenters. The second-order valence-electron chi connectivity index (χ2n) is 7.41. The van der Waals surface area contributed by atoms with Crippen LogP contribution in [0.2, 0.25) is 5.02 Å². The lowest BCUT2D eigenvalue weighted by molar-refractivity contribution is -0.139. The summed E-state index contributed by atoms with van der Waals surface area (Å²) in [7, 11) is 0. The van der Waals surface area contributed by atoms with Gasteiger partial charge in [0.25, 0.3) is 11.8 Å². The molecular formula is C22H23ClN4O4. The lowest BCUT2D eigenvalue weighted by Crippen LogP contribution is -2.49. The van der Waals surface area contributed by atoms with Gasteiger partial charge < -0.3 is 10.6 Å². The van der Waals surface area contributed by atoms with Gasteiger partial charge in [-0.05, 0) is 31.0 Å². The van der Waals surface area contributed by atoms with E-state index in [9.17, 15) is 19.2 Å². The predicted molar refractivity (Wildman–Crippen MR) is 115 cm³/mol. The zero-order valence-corrected chi connectivity index (χ0v) is 17.9. The Morgan fingerprint density at radius 3 is 2.35 bits per heavy atom. The highest BCUT2D eigenvalue weighted by Crippen LogP contribution is 2.22. The molecule has 0 radical (unpaired) electrons. The molecule has 1 fully saturated rings. The number of nitrogens with zero attached hydrogens (tertiary/aromatic N) is 1. The monoisotopic (exact) mass is 442 g/mol. The quantitative estimate of drug-likeness (QED) is 0.573. The minimum absolute atomic E-state index is 0.194. The maximum absolute atomic E-state index is 12.7. The Balaban J connectivity index is 1.76. The molecule has 5 amide bonds. The normalized spacial score (nSPS) is 19.0. The molecule has 0 aliphatic carbocycles. The van der Waals surface area contributed by atoms with E-state index in [-0.39, 0.29) is 17.0 Å². The van der Waals surface area contributed by atoms with Crippen LogP contribution in [-0.2, 0) is 9.59 Å². The average Bonchev–Trinajstić information content (AvgIpc) is 2.97. The van der Waals surface area contributed by atoms with Crippen molar-refractivity contribution in [2.24, 2.45) is 0 Å². The molecule has 2 aromatic carbocycles. The van der Waals surface area contributed by atoms with Gasteiger partial charge in [-0.15, -0.1) is 0 Å². The number of carbonyl (C=O) groups excluding carboxylic acids is 4. The van der Waals surface area contributed by atoms with Crippen LogP contribution in [0.1, 0.15) is 48.7 Å². The number of hydrazine groups is 1. The first-order chi connectivity index (χ1) is 14.7. The molecule has 0 bridgehead atoms. The molecule has 3 rings (SSSR count). The summed E-state index contributed by atoms with van der Waals surface area (Å²) in [5.41, 5.74) is 2.24. The van der Waals surface area contributed by atoms with E-state index in [0.717, 1.165) is 0 Å². The standard InChI is InChI=1S/C22H23ClN4O4/c1-3-22(2)20(30)27(21(31)25-22)26-18(28)13-17(14-9-5-4-6-10-14)24-19(29)15-11-7-8-12-16(15)23/h4-12,17H,3,13H2,1-2H3,(H,24,29)(H,25,31)(H,26,28)/t17-,22-/m0/s1. The number of urea groups is 1. The van der Waals surface area contributed by atoms with Crippen molar-refractivity contribution < 1.29 is 19.2 Å². The number of carbonyl (C=O) groups is 4. The molecule has 0 saturated carbocycles. The Morgan fingerprint density at radius 2 is 1.74 bits per heavy atom. The van der Waals surface area contributed by atoms with E-state index < -0.39 is 35.3 Å². The van der Waals surface area contributed by atoms with E-state index in [2.05, 4.69) is 16.1 Å². The van der Waals surface area contributed by atoms with Crippen LogP contribution in [0, 0.1) is 0 Å². The van der Waals surface area contributed by atoms with Crippen molar-refractivity contribution in [3.63, 3.8) is 0 Å². The lowest BCUT2D eigenvalue weighted by atomic mass is 10.00. The van der Waals surface area contributed by atoms with E-state index >= 15 is 0 Å². The maximum atomic E-state index is 12.7. The van der Waals surface area contributed by atoms with E-state index in [1.54, 1.807) is 62.4 Å². The van der Waals surface area contributed by atoms with Crippen molar-refractivity contribution in [3.05, 3.63) is 70.7 Å². The van der Waals surface area contributed by atoms with Crippen LogP contribution in [0.5, 0.6) is 0 Å². The molecule has 3 N–H and O–H groups in total.